The van der Waals surface area contributed by atoms with Gasteiger partial charge < -0.3 is 4.74 Å². The lowest BCUT2D eigenvalue weighted by Gasteiger charge is -2.26. The lowest BCUT2D eigenvalue weighted by molar-refractivity contribution is 0.000608. The second-order valence-electron chi connectivity index (χ2n) is 3.10. The van der Waals surface area contributed by atoms with Gasteiger partial charge in [-0.15, -0.1) is 0 Å². The van der Waals surface area contributed by atoms with Crippen LogP contribution in [0.5, 0.6) is 0 Å². The zero-order valence-corrected chi connectivity index (χ0v) is 8.27. The first-order valence-corrected chi connectivity index (χ1v) is 4.98. The smallest absolute Gasteiger partial charge is 0.0861 e. The molecule has 1 aliphatic heterocycles. The number of aliphatic imine (C=N–C) groups is 1. The average molecular weight is 185 g/mol. The van der Waals surface area contributed by atoms with Crippen molar-refractivity contribution >= 4 is 17.4 Å². The molecule has 0 aromatic heterocycles. The molecule has 0 radical (unpaired) electrons. The summed E-state index contributed by atoms with van der Waals surface area (Å²) < 4.78 is 5.60. The van der Waals surface area contributed by atoms with Crippen molar-refractivity contribution in [1.82, 2.24) is 0 Å². The van der Waals surface area contributed by atoms with Gasteiger partial charge in [-0.05, 0) is 37.9 Å². The topological polar surface area (TPSA) is 21.6 Å². The van der Waals surface area contributed by atoms with Crippen LogP contribution in [0, 0.1) is 0 Å². The van der Waals surface area contributed by atoms with Crippen LogP contribution in [0.15, 0.2) is 4.99 Å². The molecule has 0 N–H and O–H groups in total. The Hall–Kier alpha value is -0.240. The largest absolute Gasteiger partial charge is 0.376 e. The number of hydrogen-bond donors (Lipinski definition) is 0. The van der Waals surface area contributed by atoms with E-state index in [0.29, 0.717) is 6.10 Å². The van der Waals surface area contributed by atoms with Crippen molar-refractivity contribution in [2.24, 2.45) is 4.99 Å². The van der Waals surface area contributed by atoms with Crippen molar-refractivity contribution in [3.8, 4) is 0 Å². The maximum atomic E-state index is 5.60. The fraction of sp³-hybridized carbons (Fsp3) is 0.889. The molecule has 0 aromatic rings. The molecule has 2 nitrogen and oxygen atoms in total. The molecule has 12 heavy (non-hydrogen) atoms. The van der Waals surface area contributed by atoms with E-state index in [4.69, 9.17) is 4.74 Å². The lowest BCUT2D eigenvalue weighted by Crippen LogP contribution is -2.30. The van der Waals surface area contributed by atoms with Crippen molar-refractivity contribution in [2.75, 3.05) is 6.61 Å². The predicted octanol–water partition coefficient (Wildman–Crippen LogP) is 2.44. The molecule has 0 aliphatic carbocycles. The van der Waals surface area contributed by atoms with Crippen LogP contribution in [0.4, 0.5) is 0 Å². The maximum Gasteiger partial charge on any atom is 0.0861 e. The van der Waals surface area contributed by atoms with E-state index in [1.54, 1.807) is 0 Å². The van der Waals surface area contributed by atoms with Crippen LogP contribution < -0.4 is 0 Å². The Labute approximate surface area is 79.0 Å². The number of rotatable bonds is 3. The van der Waals surface area contributed by atoms with E-state index >= 15 is 0 Å². The third-order valence-electron chi connectivity index (χ3n) is 2.28. The van der Waals surface area contributed by atoms with Crippen molar-refractivity contribution in [2.45, 2.75) is 44.8 Å². The highest BCUT2D eigenvalue weighted by Gasteiger charge is 2.21. The Balaban J connectivity index is 2.45. The van der Waals surface area contributed by atoms with E-state index in [0.717, 1.165) is 19.4 Å². The molecule has 0 spiro atoms. The van der Waals surface area contributed by atoms with Crippen LogP contribution >= 0.6 is 12.2 Å². The van der Waals surface area contributed by atoms with Gasteiger partial charge in [0.2, 0.25) is 0 Å². The van der Waals surface area contributed by atoms with Crippen LogP contribution in [0.25, 0.3) is 0 Å². The quantitative estimate of drug-likeness (QED) is 0.497. The number of thiocarbonyl (C=S) groups is 1. The Morgan fingerprint density at radius 3 is 3.00 bits per heavy atom. The monoisotopic (exact) mass is 185 g/mol. The van der Waals surface area contributed by atoms with E-state index in [1.807, 2.05) is 0 Å². The first-order valence-electron chi connectivity index (χ1n) is 4.57. The van der Waals surface area contributed by atoms with Gasteiger partial charge in [0, 0.05) is 6.61 Å². The first kappa shape index (κ1) is 9.85. The van der Waals surface area contributed by atoms with Crippen LogP contribution in [0.1, 0.15) is 32.6 Å². The SMILES string of the molecule is CC[C@@H](N=C=S)[C@@H]1CCCCO1. The highest BCUT2D eigenvalue weighted by molar-refractivity contribution is 7.78. The molecule has 1 heterocycles. The summed E-state index contributed by atoms with van der Waals surface area (Å²) in [6.07, 6.45) is 4.86. The minimum Gasteiger partial charge on any atom is -0.376 e. The molecule has 1 saturated heterocycles. The number of isothiocyanates is 1. The molecule has 0 bridgehead atoms. The van der Waals surface area contributed by atoms with E-state index in [9.17, 15) is 0 Å². The van der Waals surface area contributed by atoms with Gasteiger partial charge in [0.25, 0.3) is 0 Å². The van der Waals surface area contributed by atoms with Crippen molar-refractivity contribution in [3.63, 3.8) is 0 Å². The van der Waals surface area contributed by atoms with Crippen molar-refractivity contribution < 1.29 is 4.74 Å². The van der Waals surface area contributed by atoms with Crippen molar-refractivity contribution in [3.05, 3.63) is 0 Å². The summed E-state index contributed by atoms with van der Waals surface area (Å²) in [6, 6.07) is 0.239. The molecule has 0 amide bonds. The Bertz CT molecular complexity index is 171. The molecule has 0 saturated carbocycles. The van der Waals surface area contributed by atoms with Gasteiger partial charge in [0.15, 0.2) is 0 Å². The van der Waals surface area contributed by atoms with Gasteiger partial charge in [-0.3, -0.25) is 0 Å². The summed E-state index contributed by atoms with van der Waals surface area (Å²) in [6.45, 7) is 2.99. The van der Waals surface area contributed by atoms with Gasteiger partial charge in [-0.25, -0.2) is 4.99 Å². The van der Waals surface area contributed by atoms with Gasteiger partial charge in [0.1, 0.15) is 0 Å². The molecule has 68 valence electrons. The first-order chi connectivity index (χ1) is 5.88. The van der Waals surface area contributed by atoms with E-state index in [2.05, 4.69) is 29.3 Å². The molecular formula is C9H15NOS. The zero-order chi connectivity index (χ0) is 8.81. The van der Waals surface area contributed by atoms with E-state index in [-0.39, 0.29) is 6.04 Å². The molecule has 1 aliphatic rings. The van der Waals surface area contributed by atoms with E-state index in [1.165, 1.54) is 12.8 Å². The third kappa shape index (κ3) is 2.67. The molecule has 0 unspecified atom stereocenters. The fourth-order valence-electron chi connectivity index (χ4n) is 1.57. The minimum absolute atomic E-state index is 0.239. The molecule has 2 atom stereocenters. The lowest BCUT2D eigenvalue weighted by atomic mass is 10.0. The summed E-state index contributed by atoms with van der Waals surface area (Å²) in [7, 11) is 0. The van der Waals surface area contributed by atoms with Crippen LogP contribution in [0.3, 0.4) is 0 Å². The fourth-order valence-corrected chi connectivity index (χ4v) is 1.71. The summed E-state index contributed by atoms with van der Waals surface area (Å²) >= 11 is 4.59. The average Bonchev–Trinajstić information content (AvgIpc) is 2.15. The van der Waals surface area contributed by atoms with Gasteiger partial charge in [-0.1, -0.05) is 6.92 Å². The molecule has 1 fully saturated rings. The van der Waals surface area contributed by atoms with E-state index < -0.39 is 0 Å². The second-order valence-corrected chi connectivity index (χ2v) is 3.28. The zero-order valence-electron chi connectivity index (χ0n) is 7.45. The molecule has 0 aromatic carbocycles. The molecule has 1 rings (SSSR count). The van der Waals surface area contributed by atoms with Crippen LogP contribution in [-0.2, 0) is 4.74 Å². The van der Waals surface area contributed by atoms with Crippen LogP contribution in [0.2, 0.25) is 0 Å². The number of hydrogen-bond acceptors (Lipinski definition) is 3. The Morgan fingerprint density at radius 2 is 2.50 bits per heavy atom. The van der Waals surface area contributed by atoms with Gasteiger partial charge in [-0.2, -0.15) is 0 Å². The van der Waals surface area contributed by atoms with Gasteiger partial charge in [0.05, 0.1) is 17.3 Å². The highest BCUT2D eigenvalue weighted by atomic mass is 32.1. The second kappa shape index (κ2) is 5.41. The normalized spacial score (nSPS) is 25.9. The van der Waals surface area contributed by atoms with Gasteiger partial charge >= 0.3 is 0 Å². The molecular weight excluding hydrogens is 170 g/mol. The Morgan fingerprint density at radius 1 is 1.67 bits per heavy atom. The highest BCUT2D eigenvalue weighted by Crippen LogP contribution is 2.19. The maximum absolute atomic E-state index is 5.60. The Kier molecular flexibility index (Phi) is 4.44. The summed E-state index contributed by atoms with van der Waals surface area (Å²) in [5, 5.41) is 2.44. The predicted molar refractivity (Wildman–Crippen MR) is 52.7 cm³/mol. The standard InChI is InChI=1S/C9H15NOS/c1-2-8(10-7-12)9-5-3-4-6-11-9/h8-9H,2-6H2,1H3/t8-,9+/m1/s1. The van der Waals surface area contributed by atoms with Crippen LogP contribution in [-0.4, -0.2) is 23.9 Å². The summed E-state index contributed by atoms with van der Waals surface area (Å²) in [5.74, 6) is 0. The minimum atomic E-state index is 0.239. The number of ether oxygens (including phenoxy) is 1. The molecule has 3 heteroatoms. The summed E-state index contributed by atoms with van der Waals surface area (Å²) in [4.78, 5) is 4.11. The van der Waals surface area contributed by atoms with Crippen molar-refractivity contribution in [1.29, 1.82) is 0 Å². The summed E-state index contributed by atoms with van der Waals surface area (Å²) in [5.41, 5.74) is 0. The third-order valence-corrected chi connectivity index (χ3v) is 2.39. The number of nitrogens with zero attached hydrogens (tertiary/aromatic N) is 1.